The molecule has 1 heterocycles. The molecule has 0 bridgehead atoms. The molecular weight excluding hydrogens is 326 g/mol. The molecule has 0 radical (unpaired) electrons. The Hall–Kier alpha value is -2.79. The number of para-hydroxylation sites is 1. The first-order valence-corrected chi connectivity index (χ1v) is 7.74. The molecule has 24 heavy (non-hydrogen) atoms. The lowest BCUT2D eigenvalue weighted by Gasteiger charge is -2.05. The number of halogens is 1. The van der Waals surface area contributed by atoms with Crippen LogP contribution in [0.1, 0.15) is 11.1 Å². The Bertz CT molecular complexity index is 885. The zero-order valence-electron chi connectivity index (χ0n) is 13.1. The molecule has 122 valence electrons. The van der Waals surface area contributed by atoms with Gasteiger partial charge in [-0.1, -0.05) is 41.9 Å². The molecule has 3 aromatic rings. The van der Waals surface area contributed by atoms with Crippen molar-refractivity contribution in [3.8, 4) is 0 Å². The summed E-state index contributed by atoms with van der Waals surface area (Å²) in [6, 6.07) is 15.8. The Balaban J connectivity index is 1.91. The third-order valence-corrected chi connectivity index (χ3v) is 3.88. The first-order chi connectivity index (χ1) is 11.7. The fraction of sp³-hybridized carbons (Fsp3) is 0.111. The van der Waals surface area contributed by atoms with Crippen molar-refractivity contribution < 1.29 is 9.53 Å². The number of hydrogen-bond donors (Lipinski definition) is 1. The molecule has 3 rings (SSSR count). The molecule has 6 heteroatoms. The molecule has 0 aliphatic carbocycles. The fourth-order valence-electron chi connectivity index (χ4n) is 2.50. The molecule has 0 fully saturated rings. The van der Waals surface area contributed by atoms with Crippen molar-refractivity contribution >= 4 is 34.8 Å². The van der Waals surface area contributed by atoms with Crippen molar-refractivity contribution in [2.45, 2.75) is 6.54 Å². The number of nitrogens with zero attached hydrogens (tertiary/aromatic N) is 2. The standard InChI is InChI=1S/C18H16ClN3O2/c1-24-18(23)21-20-10-14-12-22(17-5-3-2-4-16(14)17)11-13-6-8-15(19)9-7-13/h2-10,12H,11H2,1H3,(H,21,23). The molecule has 1 amide bonds. The molecule has 5 nitrogen and oxygen atoms in total. The van der Waals surface area contributed by atoms with Gasteiger partial charge < -0.3 is 9.30 Å². The summed E-state index contributed by atoms with van der Waals surface area (Å²) in [6.45, 7) is 0.718. The third kappa shape index (κ3) is 3.58. The van der Waals surface area contributed by atoms with Crippen molar-refractivity contribution in [1.29, 1.82) is 0 Å². The van der Waals surface area contributed by atoms with Crippen molar-refractivity contribution in [2.24, 2.45) is 5.10 Å². The Morgan fingerprint density at radius 1 is 1.25 bits per heavy atom. The highest BCUT2D eigenvalue weighted by Gasteiger charge is 2.07. The van der Waals surface area contributed by atoms with Crippen LogP contribution in [-0.4, -0.2) is 24.0 Å². The van der Waals surface area contributed by atoms with Gasteiger partial charge >= 0.3 is 6.09 Å². The maximum Gasteiger partial charge on any atom is 0.427 e. The van der Waals surface area contributed by atoms with Gasteiger partial charge in [0.25, 0.3) is 0 Å². The van der Waals surface area contributed by atoms with E-state index in [1.54, 1.807) is 6.21 Å². The molecular formula is C18H16ClN3O2. The van der Waals surface area contributed by atoms with E-state index < -0.39 is 6.09 Å². The Kier molecular flexibility index (Phi) is 4.82. The number of fused-ring (bicyclic) bond motifs is 1. The minimum absolute atomic E-state index is 0.601. The van der Waals surface area contributed by atoms with Gasteiger partial charge in [0.15, 0.2) is 0 Å². The van der Waals surface area contributed by atoms with Gasteiger partial charge in [-0.25, -0.2) is 10.2 Å². The highest BCUT2D eigenvalue weighted by molar-refractivity contribution is 6.30. The van der Waals surface area contributed by atoms with Gasteiger partial charge in [-0.2, -0.15) is 5.10 Å². The van der Waals surface area contributed by atoms with E-state index >= 15 is 0 Å². The average molecular weight is 342 g/mol. The van der Waals surface area contributed by atoms with E-state index in [0.717, 1.165) is 33.6 Å². The minimum Gasteiger partial charge on any atom is -0.452 e. The van der Waals surface area contributed by atoms with Crippen LogP contribution < -0.4 is 5.43 Å². The number of rotatable bonds is 4. The molecule has 1 N–H and O–H groups in total. The smallest absolute Gasteiger partial charge is 0.427 e. The summed E-state index contributed by atoms with van der Waals surface area (Å²) in [5.74, 6) is 0. The number of carbonyl (C=O) groups is 1. The SMILES string of the molecule is COC(=O)NN=Cc1cn(Cc2ccc(Cl)cc2)c2ccccc12. The number of benzene rings is 2. The minimum atomic E-state index is -0.601. The summed E-state index contributed by atoms with van der Waals surface area (Å²) in [4.78, 5) is 11.1. The third-order valence-electron chi connectivity index (χ3n) is 3.63. The van der Waals surface area contributed by atoms with E-state index in [2.05, 4.69) is 25.9 Å². The van der Waals surface area contributed by atoms with E-state index in [0.29, 0.717) is 0 Å². The summed E-state index contributed by atoms with van der Waals surface area (Å²) in [5.41, 5.74) is 5.45. The molecule has 0 unspecified atom stereocenters. The predicted octanol–water partition coefficient (Wildman–Crippen LogP) is 4.03. The number of carbonyl (C=O) groups excluding carboxylic acids is 1. The Morgan fingerprint density at radius 2 is 2.00 bits per heavy atom. The van der Waals surface area contributed by atoms with Crippen LogP contribution in [0.15, 0.2) is 59.8 Å². The van der Waals surface area contributed by atoms with Gasteiger partial charge in [0.2, 0.25) is 0 Å². The zero-order valence-corrected chi connectivity index (χ0v) is 13.8. The van der Waals surface area contributed by atoms with E-state index in [9.17, 15) is 4.79 Å². The highest BCUT2D eigenvalue weighted by Crippen LogP contribution is 2.21. The number of hydrazone groups is 1. The van der Waals surface area contributed by atoms with E-state index in [1.807, 2.05) is 48.7 Å². The monoisotopic (exact) mass is 341 g/mol. The maximum atomic E-state index is 11.1. The van der Waals surface area contributed by atoms with Crippen LogP contribution in [0.3, 0.4) is 0 Å². The molecule has 0 spiro atoms. The van der Waals surface area contributed by atoms with Crippen molar-refractivity contribution in [2.75, 3.05) is 7.11 Å². The van der Waals surface area contributed by atoms with Gasteiger partial charge in [-0.15, -0.1) is 0 Å². The van der Waals surface area contributed by atoms with E-state index in [-0.39, 0.29) is 0 Å². The lowest BCUT2D eigenvalue weighted by Crippen LogP contribution is -2.16. The van der Waals surface area contributed by atoms with Crippen molar-refractivity contribution in [3.63, 3.8) is 0 Å². The number of aromatic nitrogens is 1. The summed E-state index contributed by atoms with van der Waals surface area (Å²) < 4.78 is 6.63. The molecule has 0 saturated heterocycles. The van der Waals surface area contributed by atoms with Crippen LogP contribution in [0.4, 0.5) is 4.79 Å². The molecule has 0 atom stereocenters. The lowest BCUT2D eigenvalue weighted by atomic mass is 10.2. The van der Waals surface area contributed by atoms with Crippen molar-refractivity contribution in [1.82, 2.24) is 9.99 Å². The molecule has 2 aromatic carbocycles. The summed E-state index contributed by atoms with van der Waals surface area (Å²) in [6.07, 6.45) is 3.01. The van der Waals surface area contributed by atoms with Gasteiger partial charge in [0.05, 0.1) is 13.3 Å². The first kappa shape index (κ1) is 16.1. The second-order valence-corrected chi connectivity index (χ2v) is 5.65. The molecule has 1 aromatic heterocycles. The predicted molar refractivity (Wildman–Crippen MR) is 95.6 cm³/mol. The van der Waals surface area contributed by atoms with Crippen LogP contribution in [0.5, 0.6) is 0 Å². The number of amides is 1. The van der Waals surface area contributed by atoms with Crippen LogP contribution >= 0.6 is 11.6 Å². The maximum absolute atomic E-state index is 11.1. The molecule has 0 aliphatic heterocycles. The zero-order chi connectivity index (χ0) is 16.9. The largest absolute Gasteiger partial charge is 0.452 e. The number of hydrogen-bond acceptors (Lipinski definition) is 3. The van der Waals surface area contributed by atoms with Gasteiger partial charge in [-0.05, 0) is 23.8 Å². The second kappa shape index (κ2) is 7.19. The quantitative estimate of drug-likeness (QED) is 0.575. The van der Waals surface area contributed by atoms with Crippen LogP contribution in [0, 0.1) is 0 Å². The van der Waals surface area contributed by atoms with Gasteiger partial charge in [-0.3, -0.25) is 0 Å². The number of nitrogens with one attached hydrogen (secondary N) is 1. The first-order valence-electron chi connectivity index (χ1n) is 7.36. The summed E-state index contributed by atoms with van der Waals surface area (Å²) in [7, 11) is 1.29. The highest BCUT2D eigenvalue weighted by atomic mass is 35.5. The van der Waals surface area contributed by atoms with E-state index in [4.69, 9.17) is 11.6 Å². The Morgan fingerprint density at radius 3 is 2.75 bits per heavy atom. The average Bonchev–Trinajstić information content (AvgIpc) is 2.95. The van der Waals surface area contributed by atoms with Gasteiger partial charge in [0.1, 0.15) is 0 Å². The normalized spacial score (nSPS) is 11.1. The summed E-state index contributed by atoms with van der Waals surface area (Å²) in [5, 5.41) is 5.69. The van der Waals surface area contributed by atoms with Crippen LogP contribution in [0.2, 0.25) is 5.02 Å². The van der Waals surface area contributed by atoms with Gasteiger partial charge in [0, 0.05) is 34.2 Å². The van der Waals surface area contributed by atoms with E-state index in [1.165, 1.54) is 7.11 Å². The lowest BCUT2D eigenvalue weighted by molar-refractivity contribution is 0.171. The number of methoxy groups -OCH3 is 1. The Labute approximate surface area is 144 Å². The van der Waals surface area contributed by atoms with Crippen LogP contribution in [0.25, 0.3) is 10.9 Å². The van der Waals surface area contributed by atoms with Crippen molar-refractivity contribution in [3.05, 3.63) is 70.9 Å². The molecule has 0 aliphatic rings. The number of ether oxygens (including phenoxy) is 1. The fourth-order valence-corrected chi connectivity index (χ4v) is 2.62. The molecule has 0 saturated carbocycles. The second-order valence-electron chi connectivity index (χ2n) is 5.22. The van der Waals surface area contributed by atoms with Crippen LogP contribution in [-0.2, 0) is 11.3 Å². The topological polar surface area (TPSA) is 55.6 Å². The summed E-state index contributed by atoms with van der Waals surface area (Å²) >= 11 is 5.94.